The Hall–Kier alpha value is -2.49. The monoisotopic (exact) mass is 237 g/mol. The summed E-state index contributed by atoms with van der Waals surface area (Å²) in [6.07, 6.45) is 2.35. The topological polar surface area (TPSA) is 47.3 Å². The third kappa shape index (κ3) is 1.78. The number of aryl methyl sites for hydroxylation is 1. The molecule has 3 aromatic rings. The number of carbonyl (C=O) groups is 1. The van der Waals surface area contributed by atoms with Crippen LogP contribution in [0.5, 0.6) is 0 Å². The molecule has 0 fully saturated rings. The Morgan fingerprint density at radius 2 is 1.89 bits per heavy atom. The number of carbonyl (C=O) groups excluding carboxylic acids is 1. The van der Waals surface area contributed by atoms with Crippen molar-refractivity contribution in [3.63, 3.8) is 0 Å². The molecule has 4 nitrogen and oxygen atoms in total. The molecular formula is C14H11N3O. The lowest BCUT2D eigenvalue weighted by atomic mass is 10.1. The molecule has 0 aliphatic carbocycles. The van der Waals surface area contributed by atoms with Gasteiger partial charge in [-0.3, -0.25) is 4.79 Å². The van der Waals surface area contributed by atoms with Gasteiger partial charge in [0.2, 0.25) is 0 Å². The fourth-order valence-corrected chi connectivity index (χ4v) is 1.84. The molecule has 0 aliphatic rings. The Kier molecular flexibility index (Phi) is 2.41. The van der Waals surface area contributed by atoms with Crippen LogP contribution >= 0.6 is 0 Å². The molecule has 0 amide bonds. The van der Waals surface area contributed by atoms with Crippen molar-refractivity contribution in [2.45, 2.75) is 6.92 Å². The highest BCUT2D eigenvalue weighted by atomic mass is 16.1. The minimum atomic E-state index is 0.392. The first-order valence-electron chi connectivity index (χ1n) is 5.65. The molecule has 0 radical (unpaired) electrons. The van der Waals surface area contributed by atoms with Gasteiger partial charge in [0, 0.05) is 5.56 Å². The summed E-state index contributed by atoms with van der Waals surface area (Å²) >= 11 is 0. The Labute approximate surface area is 104 Å². The van der Waals surface area contributed by atoms with Gasteiger partial charge in [-0.15, -0.1) is 0 Å². The normalized spacial score (nSPS) is 10.7. The summed E-state index contributed by atoms with van der Waals surface area (Å²) in [5, 5.41) is 4.44. The van der Waals surface area contributed by atoms with Crippen molar-refractivity contribution in [2.75, 3.05) is 0 Å². The zero-order valence-corrected chi connectivity index (χ0v) is 9.87. The standard InChI is InChI=1S/C14H11N3O/c1-10-2-4-11(5-3-10)13-6-7-14-15-12(9-18)8-17(14)16-13/h2-9H,1H3. The molecule has 88 valence electrons. The average molecular weight is 237 g/mol. The van der Waals surface area contributed by atoms with Crippen molar-refractivity contribution in [1.82, 2.24) is 14.6 Å². The number of imidazole rings is 1. The predicted molar refractivity (Wildman–Crippen MR) is 68.5 cm³/mol. The number of aldehydes is 1. The van der Waals surface area contributed by atoms with E-state index < -0.39 is 0 Å². The number of nitrogens with zero attached hydrogens (tertiary/aromatic N) is 3. The highest BCUT2D eigenvalue weighted by Crippen LogP contribution is 2.17. The van der Waals surface area contributed by atoms with Gasteiger partial charge >= 0.3 is 0 Å². The molecule has 2 heterocycles. The van der Waals surface area contributed by atoms with E-state index in [1.807, 2.05) is 43.3 Å². The lowest BCUT2D eigenvalue weighted by molar-refractivity contribution is 0.111. The SMILES string of the molecule is Cc1ccc(-c2ccc3nc(C=O)cn3n2)cc1. The fourth-order valence-electron chi connectivity index (χ4n) is 1.84. The molecule has 0 unspecified atom stereocenters. The number of hydrogen-bond donors (Lipinski definition) is 0. The number of fused-ring (bicyclic) bond motifs is 1. The largest absolute Gasteiger partial charge is 0.296 e. The lowest BCUT2D eigenvalue weighted by Crippen LogP contribution is -1.92. The van der Waals surface area contributed by atoms with E-state index in [0.717, 1.165) is 17.5 Å². The predicted octanol–water partition coefficient (Wildman–Crippen LogP) is 2.52. The number of benzene rings is 1. The van der Waals surface area contributed by atoms with E-state index in [1.54, 1.807) is 10.7 Å². The molecule has 0 atom stereocenters. The summed E-state index contributed by atoms with van der Waals surface area (Å²) in [4.78, 5) is 14.8. The second-order valence-corrected chi connectivity index (χ2v) is 4.17. The van der Waals surface area contributed by atoms with Gasteiger partial charge in [0.25, 0.3) is 0 Å². The highest BCUT2D eigenvalue weighted by molar-refractivity contribution is 5.73. The summed E-state index contributed by atoms with van der Waals surface area (Å²) in [6.45, 7) is 2.05. The summed E-state index contributed by atoms with van der Waals surface area (Å²) in [5.74, 6) is 0. The zero-order valence-electron chi connectivity index (χ0n) is 9.87. The molecule has 0 aliphatic heterocycles. The van der Waals surface area contributed by atoms with Crippen LogP contribution in [0.25, 0.3) is 16.9 Å². The Morgan fingerprint density at radius 3 is 2.61 bits per heavy atom. The molecular weight excluding hydrogens is 226 g/mol. The summed E-state index contributed by atoms with van der Waals surface area (Å²) < 4.78 is 1.62. The molecule has 2 aromatic heterocycles. The maximum absolute atomic E-state index is 10.7. The van der Waals surface area contributed by atoms with Gasteiger partial charge in [-0.05, 0) is 19.1 Å². The first-order chi connectivity index (χ1) is 8.76. The molecule has 0 saturated heterocycles. The molecule has 0 N–H and O–H groups in total. The smallest absolute Gasteiger partial charge is 0.170 e. The third-order valence-electron chi connectivity index (χ3n) is 2.81. The van der Waals surface area contributed by atoms with Gasteiger partial charge in [0.1, 0.15) is 5.69 Å². The van der Waals surface area contributed by atoms with Crippen LogP contribution in [0.4, 0.5) is 0 Å². The van der Waals surface area contributed by atoms with Crippen LogP contribution in [0.2, 0.25) is 0 Å². The Morgan fingerprint density at radius 1 is 1.11 bits per heavy atom. The average Bonchev–Trinajstić information content (AvgIpc) is 2.81. The van der Waals surface area contributed by atoms with E-state index in [2.05, 4.69) is 10.1 Å². The summed E-state index contributed by atoms with van der Waals surface area (Å²) in [5.41, 5.74) is 4.18. The van der Waals surface area contributed by atoms with Crippen molar-refractivity contribution in [1.29, 1.82) is 0 Å². The van der Waals surface area contributed by atoms with Crippen LogP contribution in [0.1, 0.15) is 16.1 Å². The van der Waals surface area contributed by atoms with Crippen molar-refractivity contribution in [3.05, 3.63) is 53.9 Å². The summed E-state index contributed by atoms with van der Waals surface area (Å²) in [7, 11) is 0. The molecule has 18 heavy (non-hydrogen) atoms. The van der Waals surface area contributed by atoms with Crippen LogP contribution in [-0.4, -0.2) is 20.9 Å². The van der Waals surface area contributed by atoms with Gasteiger partial charge in [-0.1, -0.05) is 29.8 Å². The van der Waals surface area contributed by atoms with Crippen LogP contribution in [0, 0.1) is 6.92 Å². The van der Waals surface area contributed by atoms with Crippen molar-refractivity contribution < 1.29 is 4.79 Å². The first-order valence-corrected chi connectivity index (χ1v) is 5.65. The number of rotatable bonds is 2. The van der Waals surface area contributed by atoms with Gasteiger partial charge in [0.05, 0.1) is 11.9 Å². The third-order valence-corrected chi connectivity index (χ3v) is 2.81. The number of hydrogen-bond acceptors (Lipinski definition) is 3. The fraction of sp³-hybridized carbons (Fsp3) is 0.0714. The first kappa shape index (κ1) is 10.7. The maximum Gasteiger partial charge on any atom is 0.170 e. The molecule has 0 bridgehead atoms. The van der Waals surface area contributed by atoms with E-state index >= 15 is 0 Å². The van der Waals surface area contributed by atoms with Crippen LogP contribution in [-0.2, 0) is 0 Å². The van der Waals surface area contributed by atoms with Crippen LogP contribution in [0.15, 0.2) is 42.6 Å². The zero-order chi connectivity index (χ0) is 12.5. The van der Waals surface area contributed by atoms with Gasteiger partial charge in [0.15, 0.2) is 11.9 Å². The highest BCUT2D eigenvalue weighted by Gasteiger charge is 2.04. The molecule has 0 spiro atoms. The summed E-state index contributed by atoms with van der Waals surface area (Å²) in [6, 6.07) is 11.9. The molecule has 1 aromatic carbocycles. The van der Waals surface area contributed by atoms with Gasteiger partial charge in [-0.25, -0.2) is 9.50 Å². The second-order valence-electron chi connectivity index (χ2n) is 4.17. The molecule has 3 rings (SSSR count). The molecule has 4 heteroatoms. The lowest BCUT2D eigenvalue weighted by Gasteiger charge is -2.01. The van der Waals surface area contributed by atoms with Crippen LogP contribution in [0.3, 0.4) is 0 Å². The minimum Gasteiger partial charge on any atom is -0.296 e. The Balaban J connectivity index is 2.12. The minimum absolute atomic E-state index is 0.392. The number of aromatic nitrogens is 3. The van der Waals surface area contributed by atoms with E-state index in [-0.39, 0.29) is 0 Å². The van der Waals surface area contributed by atoms with E-state index in [0.29, 0.717) is 11.3 Å². The Bertz CT molecular complexity index is 713. The van der Waals surface area contributed by atoms with Crippen molar-refractivity contribution >= 4 is 11.9 Å². The van der Waals surface area contributed by atoms with E-state index in [4.69, 9.17) is 0 Å². The van der Waals surface area contributed by atoms with Crippen molar-refractivity contribution in [2.24, 2.45) is 0 Å². The quantitative estimate of drug-likeness (QED) is 0.643. The van der Waals surface area contributed by atoms with E-state index in [9.17, 15) is 4.79 Å². The van der Waals surface area contributed by atoms with Gasteiger partial charge < -0.3 is 0 Å². The van der Waals surface area contributed by atoms with Gasteiger partial charge in [-0.2, -0.15) is 5.10 Å². The molecule has 0 saturated carbocycles. The second kappa shape index (κ2) is 4.07. The van der Waals surface area contributed by atoms with E-state index in [1.165, 1.54) is 5.56 Å². The van der Waals surface area contributed by atoms with Crippen molar-refractivity contribution in [3.8, 4) is 11.3 Å². The van der Waals surface area contributed by atoms with Crippen LogP contribution < -0.4 is 0 Å². The maximum atomic E-state index is 10.7.